The van der Waals surface area contributed by atoms with Gasteiger partial charge in [-0.2, -0.15) is 0 Å². The SMILES string of the molecule is O=C(O)c1cc(-c2ccc(Br)cc2)c(=O)n(Cc2ccc(Cl)cc2Cl)c1. The highest BCUT2D eigenvalue weighted by Gasteiger charge is 2.14. The lowest BCUT2D eigenvalue weighted by molar-refractivity contribution is 0.0696. The van der Waals surface area contributed by atoms with E-state index in [1.807, 2.05) is 0 Å². The third-order valence-corrected chi connectivity index (χ3v) is 4.96. The van der Waals surface area contributed by atoms with Gasteiger partial charge in [0.25, 0.3) is 5.56 Å². The topological polar surface area (TPSA) is 59.3 Å². The van der Waals surface area contributed by atoms with Crippen LogP contribution in [0.25, 0.3) is 11.1 Å². The van der Waals surface area contributed by atoms with Crippen LogP contribution in [0.3, 0.4) is 0 Å². The quantitative estimate of drug-likeness (QED) is 0.581. The molecule has 0 bridgehead atoms. The Morgan fingerprint density at radius 1 is 1.08 bits per heavy atom. The summed E-state index contributed by atoms with van der Waals surface area (Å²) in [7, 11) is 0. The fourth-order valence-electron chi connectivity index (χ4n) is 2.54. The van der Waals surface area contributed by atoms with Crippen molar-refractivity contribution in [2.45, 2.75) is 6.54 Å². The second-order valence-corrected chi connectivity index (χ2v) is 7.38. The van der Waals surface area contributed by atoms with Gasteiger partial charge < -0.3 is 9.67 Å². The Labute approximate surface area is 167 Å². The molecule has 132 valence electrons. The summed E-state index contributed by atoms with van der Waals surface area (Å²) in [5.74, 6) is -1.11. The lowest BCUT2D eigenvalue weighted by Crippen LogP contribution is -2.23. The second-order valence-electron chi connectivity index (χ2n) is 5.62. The van der Waals surface area contributed by atoms with Crippen LogP contribution in [-0.2, 0) is 6.54 Å². The number of carbonyl (C=O) groups is 1. The van der Waals surface area contributed by atoms with Crippen LogP contribution < -0.4 is 5.56 Å². The van der Waals surface area contributed by atoms with Crippen molar-refractivity contribution in [3.05, 3.63) is 90.7 Å². The molecule has 0 aliphatic carbocycles. The molecule has 1 aromatic heterocycles. The number of rotatable bonds is 4. The molecule has 0 aliphatic heterocycles. The molecule has 0 saturated carbocycles. The van der Waals surface area contributed by atoms with Crippen LogP contribution in [0.5, 0.6) is 0 Å². The fraction of sp³-hybridized carbons (Fsp3) is 0.0526. The van der Waals surface area contributed by atoms with Crippen LogP contribution in [0.2, 0.25) is 10.0 Å². The Bertz CT molecular complexity index is 1050. The molecule has 0 atom stereocenters. The summed E-state index contributed by atoms with van der Waals surface area (Å²) >= 11 is 15.4. The van der Waals surface area contributed by atoms with Gasteiger partial charge in [-0.05, 0) is 41.5 Å². The number of nitrogens with zero attached hydrogens (tertiary/aromatic N) is 1. The first kappa shape index (κ1) is 18.7. The predicted molar refractivity (Wildman–Crippen MR) is 106 cm³/mol. The number of aromatic nitrogens is 1. The van der Waals surface area contributed by atoms with Gasteiger partial charge in [0.1, 0.15) is 0 Å². The molecule has 0 aliphatic rings. The number of benzene rings is 2. The van der Waals surface area contributed by atoms with Gasteiger partial charge in [-0.15, -0.1) is 0 Å². The minimum absolute atomic E-state index is 0.0209. The summed E-state index contributed by atoms with van der Waals surface area (Å²) in [5, 5.41) is 10.3. The minimum Gasteiger partial charge on any atom is -0.478 e. The Balaban J connectivity index is 2.14. The molecule has 3 aromatic rings. The van der Waals surface area contributed by atoms with Crippen LogP contribution in [-0.4, -0.2) is 15.6 Å². The summed E-state index contributed by atoms with van der Waals surface area (Å²) < 4.78 is 2.21. The predicted octanol–water partition coefficient (Wildman–Crippen LogP) is 5.33. The van der Waals surface area contributed by atoms with E-state index in [0.29, 0.717) is 26.7 Å². The number of hydrogen-bond donors (Lipinski definition) is 1. The van der Waals surface area contributed by atoms with Crippen LogP contribution >= 0.6 is 39.1 Å². The van der Waals surface area contributed by atoms with E-state index in [4.69, 9.17) is 23.2 Å². The van der Waals surface area contributed by atoms with Crippen LogP contribution in [0, 0.1) is 0 Å². The molecule has 0 radical (unpaired) electrons. The van der Waals surface area contributed by atoms with E-state index in [1.165, 1.54) is 16.8 Å². The van der Waals surface area contributed by atoms with E-state index < -0.39 is 5.97 Å². The van der Waals surface area contributed by atoms with Crippen LogP contribution in [0.1, 0.15) is 15.9 Å². The molecule has 2 aromatic carbocycles. The molecule has 0 spiro atoms. The van der Waals surface area contributed by atoms with Gasteiger partial charge in [0.15, 0.2) is 0 Å². The van der Waals surface area contributed by atoms with Crippen molar-refractivity contribution in [3.8, 4) is 11.1 Å². The number of halogens is 3. The Hall–Kier alpha value is -2.08. The van der Waals surface area contributed by atoms with Gasteiger partial charge in [0.2, 0.25) is 0 Å². The van der Waals surface area contributed by atoms with Crippen molar-refractivity contribution < 1.29 is 9.90 Å². The smallest absolute Gasteiger partial charge is 0.337 e. The van der Waals surface area contributed by atoms with Gasteiger partial charge in [-0.25, -0.2) is 4.79 Å². The molecule has 4 nitrogen and oxygen atoms in total. The highest BCUT2D eigenvalue weighted by atomic mass is 79.9. The Kier molecular flexibility index (Phi) is 5.51. The summed E-state index contributed by atoms with van der Waals surface area (Å²) in [6.45, 7) is 0.138. The lowest BCUT2D eigenvalue weighted by Gasteiger charge is -2.12. The monoisotopic (exact) mass is 451 g/mol. The van der Waals surface area contributed by atoms with E-state index in [1.54, 1.807) is 42.5 Å². The largest absolute Gasteiger partial charge is 0.478 e. The molecule has 7 heteroatoms. The molecule has 0 saturated heterocycles. The number of carboxylic acids is 1. The number of carboxylic acid groups (broad SMARTS) is 1. The summed E-state index contributed by atoms with van der Waals surface area (Å²) in [6.07, 6.45) is 1.32. The first-order chi connectivity index (χ1) is 12.3. The van der Waals surface area contributed by atoms with Crippen LogP contribution in [0.15, 0.2) is 64.0 Å². The maximum atomic E-state index is 12.9. The van der Waals surface area contributed by atoms with Crippen molar-refractivity contribution in [2.24, 2.45) is 0 Å². The number of hydrogen-bond acceptors (Lipinski definition) is 2. The Morgan fingerprint density at radius 3 is 2.38 bits per heavy atom. The highest BCUT2D eigenvalue weighted by Crippen LogP contribution is 2.23. The third kappa shape index (κ3) is 4.01. The van der Waals surface area contributed by atoms with Gasteiger partial charge in [0.05, 0.1) is 12.1 Å². The van der Waals surface area contributed by atoms with E-state index in [0.717, 1.165) is 4.47 Å². The number of pyridine rings is 1. The molecular weight excluding hydrogens is 441 g/mol. The summed E-state index contributed by atoms with van der Waals surface area (Å²) in [4.78, 5) is 24.4. The molecular formula is C19H12BrCl2NO3. The molecule has 26 heavy (non-hydrogen) atoms. The normalized spacial score (nSPS) is 10.7. The molecule has 3 rings (SSSR count). The average Bonchev–Trinajstić information content (AvgIpc) is 2.59. The van der Waals surface area contributed by atoms with Gasteiger partial charge in [-0.1, -0.05) is 57.3 Å². The van der Waals surface area contributed by atoms with Gasteiger partial charge in [-0.3, -0.25) is 4.79 Å². The average molecular weight is 453 g/mol. The number of aromatic carboxylic acids is 1. The van der Waals surface area contributed by atoms with E-state index >= 15 is 0 Å². The minimum atomic E-state index is -1.11. The maximum absolute atomic E-state index is 12.9. The van der Waals surface area contributed by atoms with Crippen molar-refractivity contribution in [3.63, 3.8) is 0 Å². The first-order valence-corrected chi connectivity index (χ1v) is 9.07. The zero-order valence-electron chi connectivity index (χ0n) is 13.2. The molecule has 0 fully saturated rings. The van der Waals surface area contributed by atoms with Crippen molar-refractivity contribution in [1.82, 2.24) is 4.57 Å². The van der Waals surface area contributed by atoms with Gasteiger partial charge in [0, 0.05) is 26.3 Å². The van der Waals surface area contributed by atoms with Crippen LogP contribution in [0.4, 0.5) is 0 Å². The van der Waals surface area contributed by atoms with Crippen molar-refractivity contribution in [1.29, 1.82) is 0 Å². The molecule has 0 amide bonds. The molecule has 0 unspecified atom stereocenters. The van der Waals surface area contributed by atoms with Gasteiger partial charge >= 0.3 is 5.97 Å². The second kappa shape index (κ2) is 7.66. The summed E-state index contributed by atoms with van der Waals surface area (Å²) in [5.41, 5.74) is 1.33. The van der Waals surface area contributed by atoms with E-state index in [9.17, 15) is 14.7 Å². The van der Waals surface area contributed by atoms with Crippen molar-refractivity contribution in [2.75, 3.05) is 0 Å². The van der Waals surface area contributed by atoms with Crippen molar-refractivity contribution >= 4 is 45.1 Å². The first-order valence-electron chi connectivity index (χ1n) is 7.53. The fourth-order valence-corrected chi connectivity index (χ4v) is 3.27. The maximum Gasteiger partial charge on any atom is 0.337 e. The zero-order valence-corrected chi connectivity index (χ0v) is 16.3. The molecule has 1 N–H and O–H groups in total. The van der Waals surface area contributed by atoms with E-state index in [2.05, 4.69) is 15.9 Å². The third-order valence-electron chi connectivity index (χ3n) is 3.84. The highest BCUT2D eigenvalue weighted by molar-refractivity contribution is 9.10. The lowest BCUT2D eigenvalue weighted by atomic mass is 10.1. The molecule has 1 heterocycles. The summed E-state index contributed by atoms with van der Waals surface area (Å²) in [6, 6.07) is 13.5. The van der Waals surface area contributed by atoms with E-state index in [-0.39, 0.29) is 17.7 Å². The Morgan fingerprint density at radius 2 is 1.77 bits per heavy atom. The standard InChI is InChI=1S/C19H12BrCl2NO3/c20-14-4-1-11(2-5-14)16-7-13(19(25)26)10-23(18(16)24)9-12-3-6-15(21)8-17(12)22/h1-8,10H,9H2,(H,25,26). The zero-order chi connectivity index (χ0) is 18.8.